The first-order chi connectivity index (χ1) is 9.94. The molecular weight excluding hydrogens is 296 g/mol. The predicted molar refractivity (Wildman–Crippen MR) is 60.3 cm³/mol. The molecule has 2 heterocycles. The monoisotopic (exact) mass is 302 g/mol. The van der Waals surface area contributed by atoms with Crippen LogP contribution in [0.3, 0.4) is 0 Å². The van der Waals surface area contributed by atoms with Gasteiger partial charge in [-0.25, -0.2) is 4.39 Å². The second-order valence-electron chi connectivity index (χ2n) is 4.12. The largest absolute Gasteiger partial charge is 0.475 e. The molecule has 5 nitrogen and oxygen atoms in total. The number of halogens is 4. The molecule has 0 aliphatic carbocycles. The van der Waals surface area contributed by atoms with E-state index in [9.17, 15) is 17.6 Å². The van der Waals surface area contributed by atoms with Crippen LogP contribution in [-0.4, -0.2) is 17.7 Å². The van der Waals surface area contributed by atoms with E-state index in [4.69, 9.17) is 0 Å². The van der Waals surface area contributed by atoms with Crippen LogP contribution in [0.5, 0.6) is 0 Å². The highest BCUT2D eigenvalue weighted by Crippen LogP contribution is 2.47. The molecule has 1 atom stereocenters. The first-order valence-electron chi connectivity index (χ1n) is 5.59. The molecule has 0 bridgehead atoms. The van der Waals surface area contributed by atoms with Gasteiger partial charge in [-0.3, -0.25) is 0 Å². The Bertz CT molecular complexity index is 671. The summed E-state index contributed by atoms with van der Waals surface area (Å²) in [6.45, 7) is 0. The number of rotatable bonds is 2. The fourth-order valence-electron chi connectivity index (χ4n) is 1.88. The Hall–Kier alpha value is -2.58. The summed E-state index contributed by atoms with van der Waals surface area (Å²) < 4.78 is 61.9. The number of hydrogen-bond acceptors (Lipinski definition) is 5. The maximum absolute atomic E-state index is 13.3. The van der Waals surface area contributed by atoms with Crippen LogP contribution in [0.2, 0.25) is 0 Å². The Balaban J connectivity index is 2.12. The predicted octanol–water partition coefficient (Wildman–Crippen LogP) is 3.19. The number of nitrogens with zero attached hydrogens (tertiary/aromatic N) is 2. The molecule has 3 rings (SSSR count). The van der Waals surface area contributed by atoms with E-state index < -0.39 is 23.3 Å². The van der Waals surface area contributed by atoms with Crippen molar-refractivity contribution in [3.05, 3.63) is 41.9 Å². The summed E-state index contributed by atoms with van der Waals surface area (Å²) >= 11 is 0. The molecule has 21 heavy (non-hydrogen) atoms. The lowest BCUT2D eigenvalue weighted by Gasteiger charge is -2.26. The van der Waals surface area contributed by atoms with Crippen molar-refractivity contribution in [1.29, 1.82) is 0 Å². The summed E-state index contributed by atoms with van der Waals surface area (Å²) in [5.41, 5.74) is -0.486. The van der Waals surface area contributed by atoms with Crippen LogP contribution in [-0.2, 0) is 15.4 Å². The Morgan fingerprint density at radius 1 is 1.10 bits per heavy atom. The summed E-state index contributed by atoms with van der Waals surface area (Å²) in [7, 11) is 0. The van der Waals surface area contributed by atoms with E-state index in [1.165, 1.54) is 12.1 Å². The van der Waals surface area contributed by atoms with Crippen molar-refractivity contribution in [3.63, 3.8) is 0 Å². The number of hydrogen-bond donors (Lipinski definition) is 0. The third-order valence-corrected chi connectivity index (χ3v) is 2.86. The van der Waals surface area contributed by atoms with E-state index in [2.05, 4.69) is 24.4 Å². The van der Waals surface area contributed by atoms with Crippen LogP contribution >= 0.6 is 0 Å². The Labute approximate surface area is 114 Å². The van der Waals surface area contributed by atoms with Gasteiger partial charge in [0.1, 0.15) is 23.3 Å². The van der Waals surface area contributed by atoms with Crippen molar-refractivity contribution in [2.75, 3.05) is 0 Å². The quantitative estimate of drug-likeness (QED) is 0.799. The molecule has 1 aliphatic heterocycles. The highest BCUT2D eigenvalue weighted by atomic mass is 19.4. The molecule has 1 aliphatic rings. The van der Waals surface area contributed by atoms with Crippen molar-refractivity contribution in [1.82, 2.24) is 5.16 Å². The van der Waals surface area contributed by atoms with Crippen molar-refractivity contribution >= 4 is 6.40 Å². The summed E-state index contributed by atoms with van der Waals surface area (Å²) in [5.74, 6) is -3.66. The molecule has 1 aromatic heterocycles. The van der Waals surface area contributed by atoms with E-state index in [0.29, 0.717) is 6.40 Å². The minimum Gasteiger partial charge on any atom is -0.425 e. The standard InChI is InChI=1S/C12H6F4N2O3/c13-8-3-1-7(2-4-8)10-9(5-20-18-10)11(12(14,15)16)19-6-17-21-11/h1-6H/t11-/m0/s1. The first kappa shape index (κ1) is 13.4. The molecule has 0 spiro atoms. The van der Waals surface area contributed by atoms with Gasteiger partial charge < -0.3 is 14.1 Å². The van der Waals surface area contributed by atoms with Crippen molar-refractivity contribution in [3.8, 4) is 11.3 Å². The lowest BCUT2D eigenvalue weighted by atomic mass is 10.0. The third kappa shape index (κ3) is 2.01. The first-order valence-corrected chi connectivity index (χ1v) is 5.59. The minimum atomic E-state index is -4.93. The number of benzene rings is 1. The Morgan fingerprint density at radius 2 is 1.81 bits per heavy atom. The van der Waals surface area contributed by atoms with Crippen molar-refractivity contribution < 1.29 is 31.7 Å². The second kappa shape index (κ2) is 4.47. The topological polar surface area (TPSA) is 56.9 Å². The molecular formula is C12H6F4N2O3. The van der Waals surface area contributed by atoms with Gasteiger partial charge in [0.25, 0.3) is 0 Å². The van der Waals surface area contributed by atoms with Gasteiger partial charge in [0.2, 0.25) is 6.40 Å². The number of alkyl halides is 3. The van der Waals surface area contributed by atoms with Gasteiger partial charge in [-0.2, -0.15) is 13.2 Å². The minimum absolute atomic E-state index is 0.183. The van der Waals surface area contributed by atoms with E-state index in [1.807, 2.05) is 0 Å². The van der Waals surface area contributed by atoms with Crippen LogP contribution in [0.25, 0.3) is 11.3 Å². The highest BCUT2D eigenvalue weighted by molar-refractivity contribution is 5.64. The number of oxime groups is 1. The Morgan fingerprint density at radius 3 is 2.38 bits per heavy atom. The van der Waals surface area contributed by atoms with Crippen LogP contribution in [0, 0.1) is 5.82 Å². The molecule has 9 heteroatoms. The summed E-state index contributed by atoms with van der Waals surface area (Å²) in [5, 5.41) is 6.52. The van der Waals surface area contributed by atoms with Gasteiger partial charge in [-0.1, -0.05) is 10.3 Å². The summed E-state index contributed by atoms with van der Waals surface area (Å²) in [6.07, 6.45) is -3.64. The third-order valence-electron chi connectivity index (χ3n) is 2.86. The normalized spacial score (nSPS) is 21.1. The maximum Gasteiger partial charge on any atom is 0.475 e. The molecule has 0 unspecified atom stereocenters. The Kier molecular flexibility index (Phi) is 2.85. The van der Waals surface area contributed by atoms with Crippen LogP contribution in [0.15, 0.2) is 40.2 Å². The van der Waals surface area contributed by atoms with Crippen LogP contribution in [0.1, 0.15) is 5.56 Å². The van der Waals surface area contributed by atoms with Gasteiger partial charge in [0.15, 0.2) is 0 Å². The molecule has 0 fully saturated rings. The fourth-order valence-corrected chi connectivity index (χ4v) is 1.88. The van der Waals surface area contributed by atoms with Crippen molar-refractivity contribution in [2.45, 2.75) is 12.0 Å². The van der Waals surface area contributed by atoms with Gasteiger partial charge >= 0.3 is 12.0 Å². The van der Waals surface area contributed by atoms with Gasteiger partial charge in [0, 0.05) is 5.56 Å². The molecule has 0 amide bonds. The van der Waals surface area contributed by atoms with Crippen LogP contribution in [0.4, 0.5) is 17.6 Å². The number of aromatic nitrogens is 1. The van der Waals surface area contributed by atoms with E-state index >= 15 is 0 Å². The number of ether oxygens (including phenoxy) is 1. The fraction of sp³-hybridized carbons (Fsp3) is 0.167. The second-order valence-corrected chi connectivity index (χ2v) is 4.12. The van der Waals surface area contributed by atoms with E-state index in [-0.39, 0.29) is 11.3 Å². The maximum atomic E-state index is 13.3. The lowest BCUT2D eigenvalue weighted by Crippen LogP contribution is -2.43. The van der Waals surface area contributed by atoms with E-state index in [1.54, 1.807) is 0 Å². The zero-order valence-corrected chi connectivity index (χ0v) is 10.1. The molecule has 0 saturated carbocycles. The van der Waals surface area contributed by atoms with Gasteiger partial charge in [-0.15, -0.1) is 0 Å². The highest BCUT2D eigenvalue weighted by Gasteiger charge is 2.66. The van der Waals surface area contributed by atoms with Crippen molar-refractivity contribution in [2.24, 2.45) is 5.16 Å². The molecule has 1 aromatic carbocycles. The van der Waals surface area contributed by atoms with E-state index in [0.717, 1.165) is 18.4 Å². The summed E-state index contributed by atoms with van der Waals surface area (Å²) in [6, 6.07) is 4.69. The molecule has 0 N–H and O–H groups in total. The SMILES string of the molecule is Fc1ccc(-c2nocc2[C@]2(C(F)(F)F)OC=NO2)cc1. The lowest BCUT2D eigenvalue weighted by molar-refractivity contribution is -0.351. The van der Waals surface area contributed by atoms with Crippen LogP contribution < -0.4 is 0 Å². The molecule has 2 aromatic rings. The zero-order valence-electron chi connectivity index (χ0n) is 10.1. The smallest absolute Gasteiger partial charge is 0.425 e. The average Bonchev–Trinajstić information content (AvgIpc) is 3.08. The summed E-state index contributed by atoms with van der Waals surface area (Å²) in [4.78, 5) is 4.38. The molecule has 110 valence electrons. The molecule has 0 radical (unpaired) electrons. The van der Waals surface area contributed by atoms with Gasteiger partial charge in [0.05, 0.1) is 0 Å². The average molecular weight is 302 g/mol. The molecule has 0 saturated heterocycles. The van der Waals surface area contributed by atoms with Gasteiger partial charge in [-0.05, 0) is 24.3 Å². The zero-order chi connectivity index (χ0) is 15.1.